The molecule has 2 aromatic heterocycles. The third-order valence-electron chi connectivity index (χ3n) is 6.41. The summed E-state index contributed by atoms with van der Waals surface area (Å²) in [7, 11) is 0. The zero-order chi connectivity index (χ0) is 42.1. The van der Waals surface area contributed by atoms with Crippen LogP contribution >= 0.6 is 23.2 Å². The maximum absolute atomic E-state index is 12.8. The summed E-state index contributed by atoms with van der Waals surface area (Å²) in [6.45, 7) is -1.40. The van der Waals surface area contributed by atoms with Crippen molar-refractivity contribution in [2.75, 3.05) is 49.1 Å². The average molecular weight is 822 g/mol. The highest BCUT2D eigenvalue weighted by Crippen LogP contribution is 2.32. The molecule has 3 rings (SSSR count). The van der Waals surface area contributed by atoms with Crippen LogP contribution in [0.15, 0.2) is 12.1 Å². The number of nitrogens with two attached hydrogens (primary N) is 6. The summed E-state index contributed by atoms with van der Waals surface area (Å²) in [6.07, 6.45) is -5.08. The van der Waals surface area contributed by atoms with Crippen LogP contribution in [0.1, 0.15) is 41.7 Å². The Morgan fingerprint density at radius 1 is 0.691 bits per heavy atom. The largest absolute Gasteiger partial charge is 0.504 e. The highest BCUT2D eigenvalue weighted by Gasteiger charge is 2.38. The van der Waals surface area contributed by atoms with Gasteiger partial charge in [-0.1, -0.05) is 23.2 Å². The number of alkyl halides is 3. The van der Waals surface area contributed by atoms with Crippen LogP contribution in [0.5, 0.6) is 11.5 Å². The van der Waals surface area contributed by atoms with Crippen LogP contribution in [0.3, 0.4) is 0 Å². The van der Waals surface area contributed by atoms with Gasteiger partial charge in [0.2, 0.25) is 0 Å². The molecule has 1 aromatic carbocycles. The summed E-state index contributed by atoms with van der Waals surface area (Å²) in [4.78, 5) is 76.3. The minimum atomic E-state index is -5.08. The lowest BCUT2D eigenvalue weighted by Crippen LogP contribution is -2.46. The number of hydrogen-bond donors (Lipinski definition) is 13. The average Bonchev–Trinajstić information content (AvgIpc) is 3.08. The van der Waals surface area contributed by atoms with Crippen molar-refractivity contribution in [3.63, 3.8) is 0 Å². The maximum atomic E-state index is 12.8. The predicted molar refractivity (Wildman–Crippen MR) is 186 cm³/mol. The number of halogens is 5. The Kier molecular flexibility index (Phi) is 14.4. The molecule has 0 saturated carbocycles. The van der Waals surface area contributed by atoms with E-state index in [1.54, 1.807) is 0 Å². The minimum absolute atomic E-state index is 0.228. The zero-order valence-corrected chi connectivity index (χ0v) is 28.9. The number of nitrogens with one attached hydrogen (secondary N) is 4. The van der Waals surface area contributed by atoms with Gasteiger partial charge in [-0.3, -0.25) is 39.8 Å². The third-order valence-corrected chi connectivity index (χ3v) is 6.97. The number of nitrogens with zero attached hydrogens (tertiary/aromatic N) is 6. The van der Waals surface area contributed by atoms with Crippen molar-refractivity contribution in [3.8, 4) is 11.5 Å². The number of phenols is 2. The number of phenolic OH excluding ortho intramolecular Hbond substituents is 2. The molecule has 0 aliphatic carbocycles. The van der Waals surface area contributed by atoms with Crippen molar-refractivity contribution in [1.82, 2.24) is 40.4 Å². The molecule has 296 valence electrons. The van der Waals surface area contributed by atoms with Crippen molar-refractivity contribution in [2.24, 2.45) is 11.5 Å². The first-order valence-electron chi connectivity index (χ1n) is 14.3. The highest BCUT2D eigenvalue weighted by atomic mass is 35.5. The van der Waals surface area contributed by atoms with Gasteiger partial charge in [0.1, 0.15) is 0 Å². The van der Waals surface area contributed by atoms with Crippen LogP contribution in [-0.2, 0) is 4.79 Å². The molecule has 29 heteroatoms. The number of benzene rings is 1. The number of hydrogen-bond acceptors (Lipinski definition) is 17. The van der Waals surface area contributed by atoms with E-state index in [1.165, 1.54) is 0 Å². The molecule has 3 aromatic rings. The standard InChI is InChI=1S/C24H28Cl2N16O6.C2HF3O2/c25-13-17(29)39-15(27)9(37-13)21(47)41(23(31)32)5-3-35-19(45)7-1-2-8(12(44)11(7)43)20(46)36-4-6-42(24(33)34)22(48)10-16(28)40-18(30)14(26)38-10;3-2(4,5)1(6)7/h1-2,43-44H,3-6H2,(H3,31,32)(H3,33,34)(H,35,45)(H,36,46)(H4,27,29,39)(H4,28,30,40);(H,6,7). The lowest BCUT2D eigenvalue weighted by molar-refractivity contribution is -0.192. The van der Waals surface area contributed by atoms with E-state index in [0.717, 1.165) is 12.1 Å². The van der Waals surface area contributed by atoms with Crippen molar-refractivity contribution in [3.05, 3.63) is 45.0 Å². The molecule has 0 saturated heterocycles. The maximum Gasteiger partial charge on any atom is 0.490 e. The van der Waals surface area contributed by atoms with Gasteiger partial charge in [-0.25, -0.2) is 24.7 Å². The number of carboxylic acid groups (broad SMARTS) is 1. The van der Waals surface area contributed by atoms with Gasteiger partial charge in [0.25, 0.3) is 23.6 Å². The molecule has 0 radical (unpaired) electrons. The Bertz CT molecular complexity index is 1930. The van der Waals surface area contributed by atoms with Crippen molar-refractivity contribution >= 4 is 88.0 Å². The van der Waals surface area contributed by atoms with E-state index in [9.17, 15) is 42.6 Å². The molecule has 0 aliphatic rings. The summed E-state index contributed by atoms with van der Waals surface area (Å²) in [6, 6.07) is 2.05. The second kappa shape index (κ2) is 18.1. The number of rotatable bonds is 10. The molecule has 0 unspecified atom stereocenters. The molecule has 0 atom stereocenters. The second-order valence-corrected chi connectivity index (χ2v) is 10.8. The molecular weight excluding hydrogens is 792 g/mol. The number of carbonyl (C=O) groups excluding carboxylic acids is 4. The Morgan fingerprint density at radius 2 is 1.00 bits per heavy atom. The molecule has 19 N–H and O–H groups in total. The molecule has 0 bridgehead atoms. The molecule has 0 fully saturated rings. The molecule has 4 amide bonds. The summed E-state index contributed by atoms with van der Waals surface area (Å²) < 4.78 is 31.7. The lowest BCUT2D eigenvalue weighted by Gasteiger charge is -2.21. The van der Waals surface area contributed by atoms with E-state index in [2.05, 4.69) is 30.6 Å². The predicted octanol–water partition coefficient (Wildman–Crippen LogP) is -1.52. The van der Waals surface area contributed by atoms with Crippen LogP contribution < -0.4 is 45.0 Å². The monoisotopic (exact) mass is 820 g/mol. The van der Waals surface area contributed by atoms with Gasteiger partial charge in [0, 0.05) is 26.2 Å². The van der Waals surface area contributed by atoms with Crippen molar-refractivity contribution in [2.45, 2.75) is 6.18 Å². The van der Waals surface area contributed by atoms with Crippen molar-refractivity contribution < 1.29 is 52.5 Å². The number of aliphatic carboxylic acids is 1. The Hall–Kier alpha value is -7.16. The van der Waals surface area contributed by atoms with Crippen LogP contribution in [-0.4, -0.2) is 119 Å². The Balaban J connectivity index is 0.00000136. The van der Waals surface area contributed by atoms with Gasteiger partial charge in [0.15, 0.2) is 68.4 Å². The van der Waals surface area contributed by atoms with E-state index in [-0.39, 0.29) is 59.8 Å². The summed E-state index contributed by atoms with van der Waals surface area (Å²) in [5.41, 5.74) is 31.5. The van der Waals surface area contributed by atoms with E-state index >= 15 is 0 Å². The molecular formula is C26H29Cl2F3N16O8. The number of aromatic nitrogens is 4. The van der Waals surface area contributed by atoms with E-state index in [4.69, 9.17) is 78.3 Å². The fourth-order valence-corrected chi connectivity index (χ4v) is 4.07. The SMILES string of the molecule is N=C(N)N(CCNC(=O)c1ccc(C(=O)NCCN(C(=N)N)C(=O)c2nc(Cl)c(N)nc2N)c(O)c1O)C(=O)c1nc(Cl)c(N)nc1N.O=C(O)C(F)(F)F. The quantitative estimate of drug-likeness (QED) is 0.0627. The fourth-order valence-electron chi connectivity index (χ4n) is 3.82. The van der Waals surface area contributed by atoms with Gasteiger partial charge >= 0.3 is 12.1 Å². The van der Waals surface area contributed by atoms with Gasteiger partial charge in [-0.05, 0) is 12.1 Å². The number of guanidine groups is 2. The summed E-state index contributed by atoms with van der Waals surface area (Å²) in [5.74, 6) is -11.2. The van der Waals surface area contributed by atoms with Crippen molar-refractivity contribution in [1.29, 1.82) is 10.8 Å². The van der Waals surface area contributed by atoms with Crippen LogP contribution in [0.4, 0.5) is 36.4 Å². The van der Waals surface area contributed by atoms with Crippen LogP contribution in [0.25, 0.3) is 0 Å². The van der Waals surface area contributed by atoms with Crippen LogP contribution in [0.2, 0.25) is 10.3 Å². The smallest absolute Gasteiger partial charge is 0.490 e. The summed E-state index contributed by atoms with van der Waals surface area (Å²) >= 11 is 11.6. The normalized spacial score (nSPS) is 10.6. The minimum Gasteiger partial charge on any atom is -0.504 e. The van der Waals surface area contributed by atoms with Gasteiger partial charge < -0.3 is 60.4 Å². The third kappa shape index (κ3) is 11.2. The lowest BCUT2D eigenvalue weighted by atomic mass is 10.1. The van der Waals surface area contributed by atoms with Gasteiger partial charge in [-0.2, -0.15) is 13.2 Å². The first kappa shape index (κ1) is 44.0. The van der Waals surface area contributed by atoms with Gasteiger partial charge in [0.05, 0.1) is 11.1 Å². The van der Waals surface area contributed by atoms with E-state index < -0.39 is 81.7 Å². The number of carbonyl (C=O) groups is 5. The Labute approximate surface area is 314 Å². The molecule has 0 spiro atoms. The number of aromatic hydroxyl groups is 2. The van der Waals surface area contributed by atoms with Gasteiger partial charge in [-0.15, -0.1) is 0 Å². The molecule has 2 heterocycles. The first-order chi connectivity index (χ1) is 25.4. The fraction of sp³-hybridized carbons (Fsp3) is 0.192. The second-order valence-electron chi connectivity index (χ2n) is 10.1. The molecule has 55 heavy (non-hydrogen) atoms. The molecule has 24 nitrogen and oxygen atoms in total. The Morgan fingerprint density at radius 3 is 1.27 bits per heavy atom. The highest BCUT2D eigenvalue weighted by molar-refractivity contribution is 6.32. The topological polar surface area (TPSA) is 432 Å². The van der Waals surface area contributed by atoms with E-state index in [0.29, 0.717) is 9.80 Å². The molecule has 0 aliphatic heterocycles. The summed E-state index contributed by atoms with van der Waals surface area (Å²) in [5, 5.41) is 47.6. The zero-order valence-electron chi connectivity index (χ0n) is 27.4. The number of carboxylic acids is 1. The number of nitrogen functional groups attached to an aromatic ring is 4. The van der Waals surface area contributed by atoms with E-state index in [1.807, 2.05) is 0 Å². The number of amides is 4. The van der Waals surface area contributed by atoms with Crippen LogP contribution in [0, 0.1) is 10.8 Å². The number of anilines is 4. The first-order valence-corrected chi connectivity index (χ1v) is 15.1.